The van der Waals surface area contributed by atoms with Crippen molar-refractivity contribution in [3.8, 4) is 5.75 Å². The molecule has 5 heteroatoms. The van der Waals surface area contributed by atoms with Crippen molar-refractivity contribution < 1.29 is 18.7 Å². The van der Waals surface area contributed by atoms with Crippen molar-refractivity contribution >= 4 is 17.6 Å². The fourth-order valence-corrected chi connectivity index (χ4v) is 6.59. The Bertz CT molecular complexity index is 718. The zero-order chi connectivity index (χ0) is 18.5. The maximum absolute atomic E-state index is 14.2. The number of rotatable bonds is 5. The molecule has 0 spiro atoms. The van der Waals surface area contributed by atoms with E-state index in [1.807, 2.05) is 0 Å². The second-order valence-corrected chi connectivity index (χ2v) is 9.26. The molecule has 0 aromatic heterocycles. The van der Waals surface area contributed by atoms with Crippen LogP contribution in [0.15, 0.2) is 12.1 Å². The molecule has 3 nitrogen and oxygen atoms in total. The van der Waals surface area contributed by atoms with E-state index >= 15 is 0 Å². The Kier molecular flexibility index (Phi) is 4.45. The number of esters is 1. The summed E-state index contributed by atoms with van der Waals surface area (Å²) in [4.78, 5) is 11.6. The van der Waals surface area contributed by atoms with Crippen molar-refractivity contribution in [2.45, 2.75) is 51.9 Å². The van der Waals surface area contributed by atoms with Crippen LogP contribution < -0.4 is 4.74 Å². The van der Waals surface area contributed by atoms with E-state index in [0.29, 0.717) is 17.8 Å². The number of carbonyl (C=O) groups is 1. The molecule has 0 N–H and O–H groups in total. The summed E-state index contributed by atoms with van der Waals surface area (Å²) in [5.41, 5.74) is 0.516. The average Bonchev–Trinajstić information content (AvgIpc) is 2.60. The Morgan fingerprint density at radius 1 is 1.23 bits per heavy atom. The number of hydrogen-bond donors (Lipinski definition) is 0. The van der Waals surface area contributed by atoms with Gasteiger partial charge in [0.05, 0.1) is 24.3 Å². The minimum atomic E-state index is -0.734. The molecule has 142 valence electrons. The molecule has 1 aromatic carbocycles. The van der Waals surface area contributed by atoms with Crippen molar-refractivity contribution in [1.29, 1.82) is 0 Å². The number of benzene rings is 1. The second-order valence-electron chi connectivity index (χ2n) is 8.86. The van der Waals surface area contributed by atoms with Gasteiger partial charge in [-0.05, 0) is 61.8 Å². The largest absolute Gasteiger partial charge is 0.491 e. The molecule has 4 aliphatic rings. The standard InChI is InChI=1S/C21H26ClFO3/c1-3-20-7-13-4-14(8-20)10-21(9-13,11-20)12-26-18-6-17(23)15(5-16(18)22)19(24)25-2/h5-6,13-14H,3-4,7-12H2,1-2H3. The Morgan fingerprint density at radius 3 is 2.50 bits per heavy atom. The Hall–Kier alpha value is -1.29. The number of hydrogen-bond acceptors (Lipinski definition) is 3. The maximum atomic E-state index is 14.2. The zero-order valence-electron chi connectivity index (χ0n) is 15.4. The summed E-state index contributed by atoms with van der Waals surface area (Å²) in [6.45, 7) is 2.90. The lowest BCUT2D eigenvalue weighted by atomic mass is 9.44. The van der Waals surface area contributed by atoms with Gasteiger partial charge >= 0.3 is 5.97 Å². The van der Waals surface area contributed by atoms with Crippen LogP contribution in [-0.2, 0) is 4.74 Å². The van der Waals surface area contributed by atoms with Crippen LogP contribution in [0, 0.1) is 28.5 Å². The van der Waals surface area contributed by atoms with Gasteiger partial charge in [0.15, 0.2) is 0 Å². The molecule has 5 rings (SSSR count). The summed E-state index contributed by atoms with van der Waals surface area (Å²) < 4.78 is 24.8. The van der Waals surface area contributed by atoms with E-state index in [0.717, 1.165) is 11.8 Å². The minimum absolute atomic E-state index is 0.162. The molecule has 26 heavy (non-hydrogen) atoms. The highest BCUT2D eigenvalue weighted by atomic mass is 35.5. The van der Waals surface area contributed by atoms with Crippen LogP contribution in [0.1, 0.15) is 62.2 Å². The highest BCUT2D eigenvalue weighted by Gasteiger charge is 2.57. The van der Waals surface area contributed by atoms with Gasteiger partial charge < -0.3 is 9.47 Å². The highest BCUT2D eigenvalue weighted by Crippen LogP contribution is 2.66. The molecule has 0 aliphatic heterocycles. The van der Waals surface area contributed by atoms with Gasteiger partial charge in [-0.2, -0.15) is 0 Å². The minimum Gasteiger partial charge on any atom is -0.491 e. The Morgan fingerprint density at radius 2 is 1.88 bits per heavy atom. The summed E-state index contributed by atoms with van der Waals surface area (Å²) in [7, 11) is 1.22. The lowest BCUT2D eigenvalue weighted by Gasteiger charge is -2.62. The number of ether oxygens (including phenoxy) is 2. The van der Waals surface area contributed by atoms with Gasteiger partial charge in [0.25, 0.3) is 0 Å². The first kappa shape index (κ1) is 18.1. The van der Waals surface area contributed by atoms with Crippen LogP contribution in [0.2, 0.25) is 5.02 Å². The molecule has 0 amide bonds. The molecule has 4 saturated carbocycles. The molecule has 0 saturated heterocycles. The van der Waals surface area contributed by atoms with Gasteiger partial charge in [-0.15, -0.1) is 0 Å². The van der Waals surface area contributed by atoms with Gasteiger partial charge in [0, 0.05) is 11.5 Å². The number of halogens is 2. The number of carbonyl (C=O) groups excluding carboxylic acids is 1. The SMILES string of the molecule is CCC12CC3CC(C1)CC(COc1cc(F)c(C(=O)OC)cc1Cl)(C3)C2. The first-order chi connectivity index (χ1) is 12.4. The molecule has 0 heterocycles. The van der Waals surface area contributed by atoms with Crippen molar-refractivity contribution in [3.63, 3.8) is 0 Å². The third-order valence-electron chi connectivity index (χ3n) is 7.01. The van der Waals surface area contributed by atoms with E-state index in [4.69, 9.17) is 16.3 Å². The van der Waals surface area contributed by atoms with E-state index in [1.54, 1.807) is 0 Å². The predicted octanol–water partition coefficient (Wildman–Crippen LogP) is 5.64. The quantitative estimate of drug-likeness (QED) is 0.620. The van der Waals surface area contributed by atoms with Gasteiger partial charge in [0.1, 0.15) is 11.6 Å². The number of methoxy groups -OCH3 is 1. The predicted molar refractivity (Wildman–Crippen MR) is 98.1 cm³/mol. The van der Waals surface area contributed by atoms with Crippen LogP contribution in [0.3, 0.4) is 0 Å². The van der Waals surface area contributed by atoms with Gasteiger partial charge in [-0.25, -0.2) is 9.18 Å². The summed E-state index contributed by atoms with van der Waals surface area (Å²) in [5, 5.41) is 0.252. The summed E-state index contributed by atoms with van der Waals surface area (Å²) in [6.07, 6.45) is 8.98. The molecule has 1 aromatic rings. The molecule has 4 aliphatic carbocycles. The fourth-order valence-electron chi connectivity index (χ4n) is 6.37. The van der Waals surface area contributed by atoms with Crippen molar-refractivity contribution in [1.82, 2.24) is 0 Å². The summed E-state index contributed by atoms with van der Waals surface area (Å²) in [6, 6.07) is 2.51. The molecule has 4 fully saturated rings. The molecule has 4 bridgehead atoms. The van der Waals surface area contributed by atoms with Crippen LogP contribution >= 0.6 is 11.6 Å². The van der Waals surface area contributed by atoms with Crippen LogP contribution in [0.4, 0.5) is 4.39 Å². The monoisotopic (exact) mass is 380 g/mol. The van der Waals surface area contributed by atoms with E-state index in [-0.39, 0.29) is 16.0 Å². The highest BCUT2D eigenvalue weighted by molar-refractivity contribution is 6.32. The lowest BCUT2D eigenvalue weighted by Crippen LogP contribution is -2.53. The molecular weight excluding hydrogens is 355 g/mol. The molecule has 0 radical (unpaired) electrons. The van der Waals surface area contributed by atoms with Crippen molar-refractivity contribution in [2.24, 2.45) is 22.7 Å². The van der Waals surface area contributed by atoms with E-state index in [2.05, 4.69) is 11.7 Å². The lowest BCUT2D eigenvalue weighted by molar-refractivity contribution is -0.126. The smallest absolute Gasteiger partial charge is 0.340 e. The van der Waals surface area contributed by atoms with Crippen LogP contribution in [-0.4, -0.2) is 19.7 Å². The Labute approximate surface area is 159 Å². The zero-order valence-corrected chi connectivity index (χ0v) is 16.2. The first-order valence-corrected chi connectivity index (χ1v) is 9.95. The van der Waals surface area contributed by atoms with Crippen LogP contribution in [0.5, 0.6) is 5.75 Å². The normalized spacial score (nSPS) is 34.8. The molecular formula is C21H26ClFO3. The topological polar surface area (TPSA) is 35.5 Å². The van der Waals surface area contributed by atoms with Gasteiger partial charge in [-0.3, -0.25) is 0 Å². The van der Waals surface area contributed by atoms with E-state index < -0.39 is 11.8 Å². The van der Waals surface area contributed by atoms with Crippen molar-refractivity contribution in [2.75, 3.05) is 13.7 Å². The van der Waals surface area contributed by atoms with Gasteiger partial charge in [-0.1, -0.05) is 24.9 Å². The molecule has 2 unspecified atom stereocenters. The third-order valence-corrected chi connectivity index (χ3v) is 7.31. The van der Waals surface area contributed by atoms with E-state index in [9.17, 15) is 9.18 Å². The molecule has 2 atom stereocenters. The fraction of sp³-hybridized carbons (Fsp3) is 0.667. The summed E-state index contributed by atoms with van der Waals surface area (Å²) >= 11 is 6.24. The maximum Gasteiger partial charge on any atom is 0.340 e. The van der Waals surface area contributed by atoms with Crippen LogP contribution in [0.25, 0.3) is 0 Å². The first-order valence-electron chi connectivity index (χ1n) is 9.58. The van der Waals surface area contributed by atoms with Crippen molar-refractivity contribution in [3.05, 3.63) is 28.5 Å². The second kappa shape index (κ2) is 6.40. The average molecular weight is 381 g/mol. The Balaban J connectivity index is 1.53. The third kappa shape index (κ3) is 3.00. The van der Waals surface area contributed by atoms with Gasteiger partial charge in [0.2, 0.25) is 0 Å². The summed E-state index contributed by atoms with van der Waals surface area (Å²) in [5.74, 6) is 0.550. The van der Waals surface area contributed by atoms with E-state index in [1.165, 1.54) is 64.2 Å².